The van der Waals surface area contributed by atoms with Crippen LogP contribution in [0.3, 0.4) is 0 Å². The van der Waals surface area contributed by atoms with Gasteiger partial charge in [0.2, 0.25) is 5.13 Å². The minimum absolute atomic E-state index is 0.205. The Kier molecular flexibility index (Phi) is 5.03. The number of hydrogen-bond acceptors (Lipinski definition) is 7. The van der Waals surface area contributed by atoms with Gasteiger partial charge in [-0.15, -0.1) is 15.3 Å². The van der Waals surface area contributed by atoms with Crippen LogP contribution in [0.5, 0.6) is 5.75 Å². The van der Waals surface area contributed by atoms with Crippen LogP contribution in [0.25, 0.3) is 5.69 Å². The fraction of sp³-hybridized carbons (Fsp3) is 0.312. The summed E-state index contributed by atoms with van der Waals surface area (Å²) in [5.41, 5.74) is 0.985. The van der Waals surface area contributed by atoms with Crippen molar-refractivity contribution in [3.63, 3.8) is 0 Å². The Balaban J connectivity index is 1.68. The predicted octanol–water partition coefficient (Wildman–Crippen LogP) is 2.58. The van der Waals surface area contributed by atoms with Crippen molar-refractivity contribution in [3.05, 3.63) is 41.2 Å². The van der Waals surface area contributed by atoms with Crippen molar-refractivity contribution in [2.45, 2.75) is 20.3 Å². The molecule has 0 aliphatic carbocycles. The zero-order chi connectivity index (χ0) is 17.8. The Morgan fingerprint density at radius 2 is 2.00 bits per heavy atom. The van der Waals surface area contributed by atoms with E-state index in [1.807, 2.05) is 24.3 Å². The number of aromatic nitrogens is 5. The van der Waals surface area contributed by atoms with Crippen molar-refractivity contribution in [2.75, 3.05) is 12.4 Å². The van der Waals surface area contributed by atoms with Gasteiger partial charge in [0, 0.05) is 6.42 Å². The normalized spacial score (nSPS) is 10.9. The van der Waals surface area contributed by atoms with E-state index >= 15 is 0 Å². The number of hydrogen-bond donors (Lipinski definition) is 1. The molecule has 2 heterocycles. The number of anilines is 1. The molecule has 0 unspecified atom stereocenters. The summed E-state index contributed by atoms with van der Waals surface area (Å²) in [6.45, 7) is 4.22. The van der Waals surface area contributed by atoms with Crippen molar-refractivity contribution < 1.29 is 9.53 Å². The average molecular weight is 358 g/mol. The van der Waals surface area contributed by atoms with Gasteiger partial charge in [-0.1, -0.05) is 30.4 Å². The first-order chi connectivity index (χ1) is 12.0. The summed E-state index contributed by atoms with van der Waals surface area (Å²) in [5, 5.41) is 20.0. The van der Waals surface area contributed by atoms with E-state index in [1.165, 1.54) is 16.0 Å². The van der Waals surface area contributed by atoms with E-state index in [9.17, 15) is 4.79 Å². The third-order valence-electron chi connectivity index (χ3n) is 3.33. The molecule has 8 nitrogen and oxygen atoms in total. The number of carbonyl (C=O) groups is 1. The number of nitrogens with zero attached hydrogens (tertiary/aromatic N) is 5. The molecule has 0 bridgehead atoms. The molecule has 9 heteroatoms. The summed E-state index contributed by atoms with van der Waals surface area (Å²) in [6, 6.07) is 7.29. The largest absolute Gasteiger partial charge is 0.497 e. The van der Waals surface area contributed by atoms with Gasteiger partial charge < -0.3 is 4.74 Å². The van der Waals surface area contributed by atoms with Crippen LogP contribution < -0.4 is 10.1 Å². The number of benzene rings is 1. The van der Waals surface area contributed by atoms with Gasteiger partial charge in [-0.2, -0.15) is 0 Å². The fourth-order valence-corrected chi connectivity index (χ4v) is 3.07. The van der Waals surface area contributed by atoms with Crippen molar-refractivity contribution >= 4 is 22.4 Å². The topological polar surface area (TPSA) is 94.8 Å². The third kappa shape index (κ3) is 4.18. The molecule has 130 valence electrons. The van der Waals surface area contributed by atoms with Crippen LogP contribution in [0.4, 0.5) is 5.13 Å². The Bertz CT molecular complexity index is 856. The summed E-state index contributed by atoms with van der Waals surface area (Å²) in [7, 11) is 1.60. The van der Waals surface area contributed by atoms with Crippen LogP contribution in [0.1, 0.15) is 29.3 Å². The summed E-state index contributed by atoms with van der Waals surface area (Å²) in [5.74, 6) is 0.864. The number of carbonyl (C=O) groups excluding carboxylic acids is 1. The van der Waals surface area contributed by atoms with Gasteiger partial charge in [-0.3, -0.25) is 10.1 Å². The van der Waals surface area contributed by atoms with Gasteiger partial charge in [0.05, 0.1) is 19.0 Å². The maximum absolute atomic E-state index is 12.3. The number of methoxy groups -OCH3 is 1. The molecule has 0 atom stereocenters. The van der Waals surface area contributed by atoms with Gasteiger partial charge in [0.1, 0.15) is 10.8 Å². The summed E-state index contributed by atoms with van der Waals surface area (Å²) < 4.78 is 6.65. The summed E-state index contributed by atoms with van der Waals surface area (Å²) >= 11 is 1.37. The second-order valence-electron chi connectivity index (χ2n) is 5.80. The van der Waals surface area contributed by atoms with Crippen molar-refractivity contribution in [2.24, 2.45) is 5.92 Å². The summed E-state index contributed by atoms with van der Waals surface area (Å²) in [4.78, 5) is 12.3. The summed E-state index contributed by atoms with van der Waals surface area (Å²) in [6.07, 6.45) is 2.40. The lowest BCUT2D eigenvalue weighted by molar-refractivity contribution is 0.102. The van der Waals surface area contributed by atoms with E-state index in [0.29, 0.717) is 11.0 Å². The molecule has 0 saturated carbocycles. The highest BCUT2D eigenvalue weighted by molar-refractivity contribution is 7.15. The van der Waals surface area contributed by atoms with E-state index in [-0.39, 0.29) is 11.6 Å². The molecule has 0 radical (unpaired) electrons. The maximum Gasteiger partial charge on any atom is 0.279 e. The molecule has 0 aliphatic heterocycles. The Morgan fingerprint density at radius 3 is 2.68 bits per heavy atom. The Labute approximate surface area is 148 Å². The molecule has 1 amide bonds. The lowest BCUT2D eigenvalue weighted by Gasteiger charge is -2.02. The SMILES string of the molecule is COc1ccc(-n2cc(C(=O)Nc3nnc(CC(C)C)s3)nn2)cc1. The molecule has 0 fully saturated rings. The van der Waals surface area contributed by atoms with Gasteiger partial charge in [-0.25, -0.2) is 4.68 Å². The second kappa shape index (κ2) is 7.39. The number of amides is 1. The van der Waals surface area contributed by atoms with Gasteiger partial charge >= 0.3 is 0 Å². The quantitative estimate of drug-likeness (QED) is 0.728. The van der Waals surface area contributed by atoms with Crippen molar-refractivity contribution in [3.8, 4) is 11.4 Å². The van der Waals surface area contributed by atoms with Crippen LogP contribution in [-0.2, 0) is 6.42 Å². The van der Waals surface area contributed by atoms with Gasteiger partial charge in [0.25, 0.3) is 5.91 Å². The first-order valence-corrected chi connectivity index (χ1v) is 8.57. The van der Waals surface area contributed by atoms with Crippen LogP contribution in [-0.4, -0.2) is 38.2 Å². The first kappa shape index (κ1) is 17.0. The molecule has 2 aromatic heterocycles. The Morgan fingerprint density at radius 1 is 1.24 bits per heavy atom. The van der Waals surface area contributed by atoms with E-state index in [2.05, 4.69) is 39.7 Å². The number of rotatable bonds is 6. The molecule has 3 aromatic rings. The zero-order valence-corrected chi connectivity index (χ0v) is 14.9. The standard InChI is InChI=1S/C16H18N6O2S/c1-10(2)8-14-19-20-16(25-14)17-15(23)13-9-22(21-18-13)11-4-6-12(24-3)7-5-11/h4-7,9-10H,8H2,1-3H3,(H,17,20,23). The van der Waals surface area contributed by atoms with E-state index < -0.39 is 0 Å². The Hall–Kier alpha value is -2.81. The van der Waals surface area contributed by atoms with Gasteiger partial charge in [0.15, 0.2) is 5.69 Å². The molecule has 1 N–H and O–H groups in total. The predicted molar refractivity (Wildman–Crippen MR) is 94.3 cm³/mol. The zero-order valence-electron chi connectivity index (χ0n) is 14.1. The second-order valence-corrected chi connectivity index (χ2v) is 6.86. The monoisotopic (exact) mass is 358 g/mol. The highest BCUT2D eigenvalue weighted by Gasteiger charge is 2.15. The minimum Gasteiger partial charge on any atom is -0.497 e. The number of ether oxygens (including phenoxy) is 1. The van der Waals surface area contributed by atoms with Crippen LogP contribution in [0.15, 0.2) is 30.5 Å². The van der Waals surface area contributed by atoms with Crippen LogP contribution >= 0.6 is 11.3 Å². The lowest BCUT2D eigenvalue weighted by Crippen LogP contribution is -2.12. The molecule has 3 rings (SSSR count). The number of nitrogens with one attached hydrogen (secondary N) is 1. The fourth-order valence-electron chi connectivity index (χ4n) is 2.13. The third-order valence-corrected chi connectivity index (χ3v) is 4.19. The van der Waals surface area contributed by atoms with Gasteiger partial charge in [-0.05, 0) is 30.2 Å². The average Bonchev–Trinajstić information content (AvgIpc) is 3.24. The molecule has 0 aliphatic rings. The highest BCUT2D eigenvalue weighted by Crippen LogP contribution is 2.19. The van der Waals surface area contributed by atoms with Crippen molar-refractivity contribution in [1.29, 1.82) is 0 Å². The van der Waals surface area contributed by atoms with E-state index in [1.54, 1.807) is 13.3 Å². The molecule has 0 saturated heterocycles. The van der Waals surface area contributed by atoms with E-state index in [0.717, 1.165) is 22.9 Å². The highest BCUT2D eigenvalue weighted by atomic mass is 32.1. The molecule has 25 heavy (non-hydrogen) atoms. The molecular formula is C16H18N6O2S. The van der Waals surface area contributed by atoms with Crippen LogP contribution in [0, 0.1) is 5.92 Å². The minimum atomic E-state index is -0.369. The van der Waals surface area contributed by atoms with E-state index in [4.69, 9.17) is 4.74 Å². The lowest BCUT2D eigenvalue weighted by atomic mass is 10.1. The van der Waals surface area contributed by atoms with Crippen molar-refractivity contribution in [1.82, 2.24) is 25.2 Å². The molecular weight excluding hydrogens is 340 g/mol. The smallest absolute Gasteiger partial charge is 0.279 e. The maximum atomic E-state index is 12.3. The van der Waals surface area contributed by atoms with Crippen LogP contribution in [0.2, 0.25) is 0 Å². The molecule has 0 spiro atoms. The molecule has 1 aromatic carbocycles. The first-order valence-electron chi connectivity index (χ1n) is 7.75.